The van der Waals surface area contributed by atoms with Crippen molar-refractivity contribution in [1.82, 2.24) is 0 Å². The van der Waals surface area contributed by atoms with Crippen molar-refractivity contribution < 1.29 is 24.7 Å². The van der Waals surface area contributed by atoms with Crippen LogP contribution in [0.4, 0.5) is 0 Å². The molecule has 2 unspecified atom stereocenters. The van der Waals surface area contributed by atoms with Crippen LogP contribution < -0.4 is 0 Å². The number of carbonyl (C=O) groups is 2. The zero-order valence-electron chi connectivity index (χ0n) is 8.28. The molecule has 0 bridgehead atoms. The first-order chi connectivity index (χ1) is 7.28. The molecule has 2 N–H and O–H groups in total. The second-order valence-corrected chi connectivity index (χ2v) is 3.59. The van der Waals surface area contributed by atoms with Crippen molar-refractivity contribution in [2.45, 2.75) is 6.92 Å². The summed E-state index contributed by atoms with van der Waals surface area (Å²) in [5, 5.41) is 28.2. The minimum Gasteiger partial charge on any atom is -0.480 e. The van der Waals surface area contributed by atoms with Crippen molar-refractivity contribution in [2.24, 2.45) is 11.3 Å². The molecule has 7 nitrogen and oxygen atoms in total. The number of nitrogens with zero attached hydrogens (tertiary/aromatic N) is 1. The van der Waals surface area contributed by atoms with Gasteiger partial charge in [-0.1, -0.05) is 12.2 Å². The summed E-state index contributed by atoms with van der Waals surface area (Å²) in [4.78, 5) is 31.3. The van der Waals surface area contributed by atoms with E-state index < -0.39 is 33.9 Å². The van der Waals surface area contributed by atoms with Gasteiger partial charge in [-0.2, -0.15) is 0 Å². The van der Waals surface area contributed by atoms with Crippen LogP contribution in [0, 0.1) is 21.4 Å². The second-order valence-electron chi connectivity index (χ2n) is 3.59. The highest BCUT2D eigenvalue weighted by molar-refractivity contribution is 5.82. The van der Waals surface area contributed by atoms with Gasteiger partial charge in [0.25, 0.3) is 5.70 Å². The predicted molar refractivity (Wildman–Crippen MR) is 51.1 cm³/mol. The van der Waals surface area contributed by atoms with Gasteiger partial charge in [0.1, 0.15) is 5.41 Å². The van der Waals surface area contributed by atoms with Crippen LogP contribution in [0.5, 0.6) is 0 Å². The molecular formula is C9H9NO6. The van der Waals surface area contributed by atoms with Crippen LogP contribution in [-0.2, 0) is 9.59 Å². The summed E-state index contributed by atoms with van der Waals surface area (Å²) < 4.78 is 0. The van der Waals surface area contributed by atoms with Crippen molar-refractivity contribution in [3.8, 4) is 0 Å². The normalized spacial score (nSPS) is 28.3. The second kappa shape index (κ2) is 3.76. The Labute approximate surface area is 89.8 Å². The average molecular weight is 227 g/mol. The van der Waals surface area contributed by atoms with Gasteiger partial charge in [0.15, 0.2) is 5.92 Å². The maximum absolute atomic E-state index is 10.9. The Hall–Kier alpha value is -2.18. The molecule has 0 aliphatic heterocycles. The molecule has 1 aliphatic rings. The van der Waals surface area contributed by atoms with Crippen LogP contribution in [0.1, 0.15) is 6.92 Å². The maximum Gasteiger partial charge on any atom is 0.321 e. The van der Waals surface area contributed by atoms with Crippen LogP contribution in [0.15, 0.2) is 23.9 Å². The first kappa shape index (κ1) is 11.9. The van der Waals surface area contributed by atoms with Gasteiger partial charge in [0.2, 0.25) is 0 Å². The van der Waals surface area contributed by atoms with Gasteiger partial charge in [-0.3, -0.25) is 19.7 Å². The highest BCUT2D eigenvalue weighted by Gasteiger charge is 2.40. The fourth-order valence-electron chi connectivity index (χ4n) is 1.35. The van der Waals surface area contributed by atoms with Crippen molar-refractivity contribution in [3.05, 3.63) is 34.0 Å². The summed E-state index contributed by atoms with van der Waals surface area (Å²) in [5.74, 6) is -4.05. The van der Waals surface area contributed by atoms with Crippen LogP contribution in [0.3, 0.4) is 0 Å². The highest BCUT2D eigenvalue weighted by atomic mass is 16.6. The molecule has 0 amide bonds. The number of hydrogen-bond donors (Lipinski definition) is 2. The number of nitro groups is 1. The average Bonchev–Trinajstić information content (AvgIpc) is 2.16. The fourth-order valence-corrected chi connectivity index (χ4v) is 1.35. The lowest BCUT2D eigenvalue weighted by Gasteiger charge is -2.21. The molecule has 86 valence electrons. The Morgan fingerprint density at radius 2 is 2.06 bits per heavy atom. The van der Waals surface area contributed by atoms with E-state index in [0.29, 0.717) is 0 Å². The topological polar surface area (TPSA) is 118 Å². The molecule has 16 heavy (non-hydrogen) atoms. The van der Waals surface area contributed by atoms with Gasteiger partial charge in [-0.15, -0.1) is 0 Å². The SMILES string of the molecule is CC1(C(=O)O)C=CC(C(=O)O)C([N+](=O)[O-])=C1. The zero-order chi connectivity index (χ0) is 12.5. The maximum atomic E-state index is 10.9. The van der Waals surface area contributed by atoms with E-state index >= 15 is 0 Å². The van der Waals surface area contributed by atoms with E-state index in [1.54, 1.807) is 0 Å². The molecule has 2 atom stereocenters. The molecule has 0 saturated carbocycles. The molecule has 0 spiro atoms. The van der Waals surface area contributed by atoms with E-state index in [4.69, 9.17) is 10.2 Å². The van der Waals surface area contributed by atoms with Gasteiger partial charge in [-0.05, 0) is 6.92 Å². The van der Waals surface area contributed by atoms with Crippen molar-refractivity contribution >= 4 is 11.9 Å². The highest BCUT2D eigenvalue weighted by Crippen LogP contribution is 2.31. The Balaban J connectivity index is 3.23. The lowest BCUT2D eigenvalue weighted by atomic mass is 9.82. The van der Waals surface area contributed by atoms with E-state index in [1.807, 2.05) is 0 Å². The molecule has 0 heterocycles. The zero-order valence-corrected chi connectivity index (χ0v) is 8.28. The summed E-state index contributed by atoms with van der Waals surface area (Å²) in [6.45, 7) is 1.26. The van der Waals surface area contributed by atoms with Crippen LogP contribution in [-0.4, -0.2) is 27.1 Å². The van der Waals surface area contributed by atoms with Gasteiger partial charge in [0.05, 0.1) is 4.92 Å². The molecule has 1 rings (SSSR count). The molecule has 0 aromatic rings. The van der Waals surface area contributed by atoms with Crippen LogP contribution in [0.2, 0.25) is 0 Å². The standard InChI is InChI=1S/C9H9NO6/c1-9(8(13)14)3-2-5(7(11)12)6(4-9)10(15)16/h2-5H,1H3,(H,11,12)(H,13,14). The van der Waals surface area contributed by atoms with Crippen molar-refractivity contribution in [3.63, 3.8) is 0 Å². The van der Waals surface area contributed by atoms with Crippen molar-refractivity contribution in [1.29, 1.82) is 0 Å². The Morgan fingerprint density at radius 1 is 1.50 bits per heavy atom. The van der Waals surface area contributed by atoms with E-state index in [2.05, 4.69) is 0 Å². The molecule has 0 aromatic carbocycles. The van der Waals surface area contributed by atoms with E-state index in [9.17, 15) is 19.7 Å². The third kappa shape index (κ3) is 1.92. The first-order valence-electron chi connectivity index (χ1n) is 4.30. The fraction of sp³-hybridized carbons (Fsp3) is 0.333. The van der Waals surface area contributed by atoms with Gasteiger partial charge >= 0.3 is 11.9 Å². The largest absolute Gasteiger partial charge is 0.480 e. The number of carboxylic acids is 2. The molecule has 0 saturated heterocycles. The van der Waals surface area contributed by atoms with Crippen molar-refractivity contribution in [2.75, 3.05) is 0 Å². The molecule has 7 heteroatoms. The first-order valence-corrected chi connectivity index (χ1v) is 4.30. The van der Waals surface area contributed by atoms with E-state index in [0.717, 1.165) is 18.2 Å². The molecule has 1 aliphatic carbocycles. The minimum atomic E-state index is -1.53. The van der Waals surface area contributed by atoms with Crippen LogP contribution >= 0.6 is 0 Å². The lowest BCUT2D eigenvalue weighted by Crippen LogP contribution is -2.31. The minimum absolute atomic E-state index is 0.625. The summed E-state index contributed by atoms with van der Waals surface area (Å²) in [7, 11) is 0. The monoisotopic (exact) mass is 227 g/mol. The summed E-state index contributed by atoms with van der Waals surface area (Å²) in [6.07, 6.45) is 3.02. The number of carboxylic acid groups (broad SMARTS) is 2. The predicted octanol–water partition coefficient (Wildman–Crippen LogP) is 0.509. The molecule has 0 fully saturated rings. The molecule has 0 radical (unpaired) electrons. The third-order valence-corrected chi connectivity index (χ3v) is 2.34. The summed E-state index contributed by atoms with van der Waals surface area (Å²) in [5.41, 5.74) is -2.16. The Kier molecular flexibility index (Phi) is 2.80. The number of rotatable bonds is 3. The smallest absolute Gasteiger partial charge is 0.321 e. The molecule has 0 aromatic heterocycles. The Bertz CT molecular complexity index is 424. The quantitative estimate of drug-likeness (QED) is 0.412. The van der Waals surface area contributed by atoms with Gasteiger partial charge in [-0.25, -0.2) is 0 Å². The molecular weight excluding hydrogens is 218 g/mol. The van der Waals surface area contributed by atoms with E-state index in [-0.39, 0.29) is 0 Å². The van der Waals surface area contributed by atoms with Gasteiger partial charge < -0.3 is 10.2 Å². The number of aliphatic carboxylic acids is 2. The third-order valence-electron chi connectivity index (χ3n) is 2.34. The lowest BCUT2D eigenvalue weighted by molar-refractivity contribution is -0.431. The Morgan fingerprint density at radius 3 is 2.44 bits per heavy atom. The van der Waals surface area contributed by atoms with E-state index in [1.165, 1.54) is 6.92 Å². The van der Waals surface area contributed by atoms with Gasteiger partial charge in [0, 0.05) is 6.08 Å². The summed E-state index contributed by atoms with van der Waals surface area (Å²) >= 11 is 0. The number of hydrogen-bond acceptors (Lipinski definition) is 4. The van der Waals surface area contributed by atoms with Crippen LogP contribution in [0.25, 0.3) is 0 Å². The summed E-state index contributed by atoms with van der Waals surface area (Å²) in [6, 6.07) is 0.